The number of amides is 1. The summed E-state index contributed by atoms with van der Waals surface area (Å²) in [7, 11) is 0. The van der Waals surface area contributed by atoms with Gasteiger partial charge in [0.25, 0.3) is 0 Å². The van der Waals surface area contributed by atoms with Crippen LogP contribution in [0, 0.1) is 0 Å². The number of carboxylic acids is 1. The van der Waals surface area contributed by atoms with Crippen LogP contribution >= 0.6 is 12.4 Å². The highest BCUT2D eigenvalue weighted by molar-refractivity contribution is 5.95. The van der Waals surface area contributed by atoms with Crippen LogP contribution in [0.2, 0.25) is 0 Å². The Balaban J connectivity index is 0.00000261. The van der Waals surface area contributed by atoms with Crippen LogP contribution in [0.4, 0.5) is 5.69 Å². The minimum absolute atomic E-state index is 0. The molecule has 1 aliphatic heterocycles. The molecular weight excluding hydrogens is 364 g/mol. The SMILES string of the molecule is Cl.O=C(O)CCc1cccc(NC(=O)C2CCCN2Cc2ccccc2)c1. The number of benzene rings is 2. The van der Waals surface area contributed by atoms with E-state index in [0.29, 0.717) is 6.42 Å². The number of rotatable bonds is 7. The zero-order chi connectivity index (χ0) is 18.4. The predicted octanol–water partition coefficient (Wildman–Crippen LogP) is 3.73. The molecule has 0 radical (unpaired) electrons. The van der Waals surface area contributed by atoms with Crippen LogP contribution in [0.25, 0.3) is 0 Å². The van der Waals surface area contributed by atoms with Gasteiger partial charge in [-0.2, -0.15) is 0 Å². The number of aryl methyl sites for hydroxylation is 1. The van der Waals surface area contributed by atoms with Crippen LogP contribution in [-0.2, 0) is 22.6 Å². The van der Waals surface area contributed by atoms with Gasteiger partial charge < -0.3 is 10.4 Å². The average Bonchev–Trinajstić information content (AvgIpc) is 3.09. The summed E-state index contributed by atoms with van der Waals surface area (Å²) < 4.78 is 0. The third kappa shape index (κ3) is 6.08. The lowest BCUT2D eigenvalue weighted by atomic mass is 10.1. The lowest BCUT2D eigenvalue weighted by Gasteiger charge is -2.23. The van der Waals surface area contributed by atoms with Crippen molar-refractivity contribution in [1.82, 2.24) is 4.90 Å². The smallest absolute Gasteiger partial charge is 0.303 e. The van der Waals surface area contributed by atoms with E-state index < -0.39 is 5.97 Å². The summed E-state index contributed by atoms with van der Waals surface area (Å²) >= 11 is 0. The number of hydrogen-bond acceptors (Lipinski definition) is 3. The van der Waals surface area contributed by atoms with Gasteiger partial charge in [-0.25, -0.2) is 0 Å². The molecule has 144 valence electrons. The van der Waals surface area contributed by atoms with Crippen molar-refractivity contribution in [2.24, 2.45) is 0 Å². The summed E-state index contributed by atoms with van der Waals surface area (Å²) in [5.74, 6) is -0.809. The molecule has 1 fully saturated rings. The van der Waals surface area contributed by atoms with Gasteiger partial charge in [0.15, 0.2) is 0 Å². The zero-order valence-electron chi connectivity index (χ0n) is 15.1. The Bertz CT molecular complexity index is 767. The van der Waals surface area contributed by atoms with Crippen molar-refractivity contribution in [2.75, 3.05) is 11.9 Å². The van der Waals surface area contributed by atoms with E-state index in [1.165, 1.54) is 5.56 Å². The Morgan fingerprint density at radius 1 is 1.07 bits per heavy atom. The highest BCUT2D eigenvalue weighted by Gasteiger charge is 2.30. The molecule has 27 heavy (non-hydrogen) atoms. The van der Waals surface area contributed by atoms with E-state index in [2.05, 4.69) is 22.3 Å². The van der Waals surface area contributed by atoms with E-state index >= 15 is 0 Å². The number of carbonyl (C=O) groups is 2. The highest BCUT2D eigenvalue weighted by Crippen LogP contribution is 2.22. The maximum absolute atomic E-state index is 12.7. The first-order valence-electron chi connectivity index (χ1n) is 9.01. The number of nitrogens with zero attached hydrogens (tertiary/aromatic N) is 1. The molecule has 0 aromatic heterocycles. The highest BCUT2D eigenvalue weighted by atomic mass is 35.5. The van der Waals surface area contributed by atoms with Gasteiger partial charge in [0.2, 0.25) is 5.91 Å². The predicted molar refractivity (Wildman–Crippen MR) is 108 cm³/mol. The molecule has 0 saturated carbocycles. The second kappa shape index (κ2) is 10.1. The Kier molecular flexibility index (Phi) is 7.82. The monoisotopic (exact) mass is 388 g/mol. The summed E-state index contributed by atoms with van der Waals surface area (Å²) in [6.07, 6.45) is 2.43. The van der Waals surface area contributed by atoms with Crippen molar-refractivity contribution in [3.8, 4) is 0 Å². The fraction of sp³-hybridized carbons (Fsp3) is 0.333. The van der Waals surface area contributed by atoms with Gasteiger partial charge in [0, 0.05) is 18.7 Å². The Morgan fingerprint density at radius 2 is 1.81 bits per heavy atom. The van der Waals surface area contributed by atoms with E-state index in [1.807, 2.05) is 42.5 Å². The zero-order valence-corrected chi connectivity index (χ0v) is 16.0. The number of anilines is 1. The van der Waals surface area contributed by atoms with Crippen molar-refractivity contribution >= 4 is 30.0 Å². The number of carbonyl (C=O) groups excluding carboxylic acids is 1. The van der Waals surface area contributed by atoms with Crippen molar-refractivity contribution in [3.05, 3.63) is 65.7 Å². The lowest BCUT2D eigenvalue weighted by molar-refractivity contribution is -0.137. The van der Waals surface area contributed by atoms with Crippen molar-refractivity contribution < 1.29 is 14.7 Å². The maximum Gasteiger partial charge on any atom is 0.303 e. The summed E-state index contributed by atoms with van der Waals surface area (Å²) in [4.78, 5) is 25.7. The summed E-state index contributed by atoms with van der Waals surface area (Å²) in [5, 5.41) is 11.8. The molecule has 0 aliphatic carbocycles. The van der Waals surface area contributed by atoms with Crippen LogP contribution in [0.3, 0.4) is 0 Å². The Hall–Kier alpha value is -2.37. The molecule has 1 atom stereocenters. The molecule has 2 aromatic carbocycles. The summed E-state index contributed by atoms with van der Waals surface area (Å²) in [6.45, 7) is 1.70. The number of nitrogens with one attached hydrogen (secondary N) is 1. The quantitative estimate of drug-likeness (QED) is 0.758. The van der Waals surface area contributed by atoms with Crippen molar-refractivity contribution in [1.29, 1.82) is 0 Å². The molecule has 3 rings (SSSR count). The minimum Gasteiger partial charge on any atom is -0.481 e. The van der Waals surface area contributed by atoms with E-state index in [1.54, 1.807) is 0 Å². The van der Waals surface area contributed by atoms with Gasteiger partial charge in [-0.1, -0.05) is 42.5 Å². The lowest BCUT2D eigenvalue weighted by Crippen LogP contribution is -2.39. The Morgan fingerprint density at radius 3 is 2.56 bits per heavy atom. The van der Waals surface area contributed by atoms with Gasteiger partial charge in [0.1, 0.15) is 0 Å². The average molecular weight is 389 g/mol. The molecule has 5 nitrogen and oxygen atoms in total. The van der Waals surface area contributed by atoms with Crippen LogP contribution in [-0.4, -0.2) is 34.5 Å². The molecule has 1 unspecified atom stereocenters. The first-order chi connectivity index (χ1) is 12.6. The van der Waals surface area contributed by atoms with Gasteiger partial charge >= 0.3 is 5.97 Å². The molecule has 1 amide bonds. The molecule has 1 saturated heterocycles. The van der Waals surface area contributed by atoms with Crippen molar-refractivity contribution in [2.45, 2.75) is 38.3 Å². The standard InChI is InChI=1S/C21H24N2O3.ClH/c24-20(25)12-11-16-8-4-9-18(14-16)22-21(26)19-10-5-13-23(19)15-17-6-2-1-3-7-17;/h1-4,6-9,14,19H,5,10-13,15H2,(H,22,26)(H,24,25);1H. The summed E-state index contributed by atoms with van der Waals surface area (Å²) in [5.41, 5.74) is 2.85. The number of likely N-dealkylation sites (tertiary alicyclic amines) is 1. The van der Waals surface area contributed by atoms with Crippen LogP contribution in [0.15, 0.2) is 54.6 Å². The molecule has 1 aliphatic rings. The first kappa shape index (κ1) is 20.9. The van der Waals surface area contributed by atoms with Gasteiger partial charge in [-0.3, -0.25) is 14.5 Å². The molecule has 0 spiro atoms. The minimum atomic E-state index is -0.818. The fourth-order valence-electron chi connectivity index (χ4n) is 3.41. The van der Waals surface area contributed by atoms with Crippen molar-refractivity contribution in [3.63, 3.8) is 0 Å². The van der Waals surface area contributed by atoms with Gasteiger partial charge in [-0.05, 0) is 49.1 Å². The first-order valence-corrected chi connectivity index (χ1v) is 9.01. The second-order valence-corrected chi connectivity index (χ2v) is 6.70. The van der Waals surface area contributed by atoms with Gasteiger partial charge in [0.05, 0.1) is 6.04 Å². The topological polar surface area (TPSA) is 69.6 Å². The molecule has 2 aromatic rings. The molecule has 0 bridgehead atoms. The van der Waals surface area contributed by atoms with Crippen LogP contribution in [0.1, 0.15) is 30.4 Å². The Labute approximate surface area is 165 Å². The normalized spacial score (nSPS) is 16.5. The number of hydrogen-bond donors (Lipinski definition) is 2. The second-order valence-electron chi connectivity index (χ2n) is 6.70. The number of aliphatic carboxylic acids is 1. The van der Waals surface area contributed by atoms with Crippen LogP contribution < -0.4 is 5.32 Å². The number of carboxylic acid groups (broad SMARTS) is 1. The maximum atomic E-state index is 12.7. The molecule has 1 heterocycles. The third-order valence-corrected chi connectivity index (χ3v) is 4.72. The summed E-state index contributed by atoms with van der Waals surface area (Å²) in [6, 6.07) is 17.5. The van der Waals surface area contributed by atoms with Gasteiger partial charge in [-0.15, -0.1) is 12.4 Å². The van der Waals surface area contributed by atoms with E-state index in [4.69, 9.17) is 5.11 Å². The fourth-order valence-corrected chi connectivity index (χ4v) is 3.41. The van der Waals surface area contributed by atoms with E-state index in [-0.39, 0.29) is 30.8 Å². The largest absolute Gasteiger partial charge is 0.481 e. The van der Waals surface area contributed by atoms with Crippen LogP contribution in [0.5, 0.6) is 0 Å². The number of halogens is 1. The van der Waals surface area contributed by atoms with E-state index in [9.17, 15) is 9.59 Å². The molecular formula is C21H25ClN2O3. The third-order valence-electron chi connectivity index (χ3n) is 4.72. The molecule has 6 heteroatoms. The molecule has 2 N–H and O–H groups in total. The van der Waals surface area contributed by atoms with E-state index in [0.717, 1.165) is 37.2 Å².